The number of hydrogen-bond acceptors (Lipinski definition) is 3. The SMILES string of the molecule is Cn1cc(-c2ccnc3cc(Cl)ccc23)c(=O)n(C)c1=O. The summed E-state index contributed by atoms with van der Waals surface area (Å²) in [5.41, 5.74) is 1.20. The maximum atomic E-state index is 12.4. The van der Waals surface area contributed by atoms with E-state index < -0.39 is 0 Å². The van der Waals surface area contributed by atoms with Crippen LogP contribution in [0.15, 0.2) is 46.2 Å². The van der Waals surface area contributed by atoms with Crippen molar-refractivity contribution >= 4 is 22.5 Å². The van der Waals surface area contributed by atoms with Crippen molar-refractivity contribution in [3.8, 4) is 11.1 Å². The Balaban J connectivity index is 2.42. The van der Waals surface area contributed by atoms with Gasteiger partial charge in [-0.25, -0.2) is 4.79 Å². The average molecular weight is 302 g/mol. The topological polar surface area (TPSA) is 56.9 Å². The molecule has 0 aliphatic heterocycles. The highest BCUT2D eigenvalue weighted by atomic mass is 35.5. The molecule has 1 aromatic carbocycles. The molecular formula is C15H12ClN3O2. The number of halogens is 1. The molecule has 0 bridgehead atoms. The van der Waals surface area contributed by atoms with E-state index in [2.05, 4.69) is 4.98 Å². The summed E-state index contributed by atoms with van der Waals surface area (Å²) in [6, 6.07) is 7.08. The highest BCUT2D eigenvalue weighted by molar-refractivity contribution is 6.31. The second-order valence-corrected chi connectivity index (χ2v) is 5.26. The summed E-state index contributed by atoms with van der Waals surface area (Å²) in [6.07, 6.45) is 3.17. The third kappa shape index (κ3) is 2.15. The minimum atomic E-state index is -0.356. The fraction of sp³-hybridized carbons (Fsp3) is 0.133. The zero-order chi connectivity index (χ0) is 15.1. The van der Waals surface area contributed by atoms with E-state index in [1.165, 1.54) is 11.6 Å². The van der Waals surface area contributed by atoms with Crippen LogP contribution in [0, 0.1) is 0 Å². The van der Waals surface area contributed by atoms with Gasteiger partial charge in [0.25, 0.3) is 5.56 Å². The number of hydrogen-bond donors (Lipinski definition) is 0. The third-order valence-corrected chi connectivity index (χ3v) is 3.68. The molecule has 0 aliphatic rings. The standard InChI is InChI=1S/C15H12ClN3O2/c1-18-8-12(14(20)19(2)15(18)21)10-5-6-17-13-7-9(16)3-4-11(10)13/h3-8H,1-2H3. The van der Waals surface area contributed by atoms with Crippen LogP contribution in [0.5, 0.6) is 0 Å². The number of fused-ring (bicyclic) bond motifs is 1. The molecule has 0 fully saturated rings. The van der Waals surface area contributed by atoms with Gasteiger partial charge in [0.2, 0.25) is 0 Å². The van der Waals surface area contributed by atoms with Gasteiger partial charge in [0.1, 0.15) is 0 Å². The molecule has 0 N–H and O–H groups in total. The highest BCUT2D eigenvalue weighted by Crippen LogP contribution is 2.26. The molecule has 0 saturated carbocycles. The normalized spacial score (nSPS) is 11.0. The van der Waals surface area contributed by atoms with Crippen LogP contribution in [-0.2, 0) is 14.1 Å². The monoisotopic (exact) mass is 301 g/mol. The van der Waals surface area contributed by atoms with Gasteiger partial charge in [-0.15, -0.1) is 0 Å². The van der Waals surface area contributed by atoms with Gasteiger partial charge in [-0.2, -0.15) is 0 Å². The number of pyridine rings is 1. The fourth-order valence-corrected chi connectivity index (χ4v) is 2.52. The molecule has 3 rings (SSSR count). The Morgan fingerprint density at radius 1 is 1.10 bits per heavy atom. The third-order valence-electron chi connectivity index (χ3n) is 3.44. The van der Waals surface area contributed by atoms with Crippen molar-refractivity contribution in [1.29, 1.82) is 0 Å². The molecule has 2 aromatic heterocycles. The quantitative estimate of drug-likeness (QED) is 0.690. The lowest BCUT2D eigenvalue weighted by Crippen LogP contribution is -2.37. The van der Waals surface area contributed by atoms with Crippen LogP contribution in [0.3, 0.4) is 0 Å². The van der Waals surface area contributed by atoms with Crippen molar-refractivity contribution in [1.82, 2.24) is 14.1 Å². The molecule has 0 spiro atoms. The molecule has 2 heterocycles. The van der Waals surface area contributed by atoms with Gasteiger partial charge in [0.05, 0.1) is 11.1 Å². The van der Waals surface area contributed by atoms with Gasteiger partial charge in [0.15, 0.2) is 0 Å². The van der Waals surface area contributed by atoms with E-state index in [-0.39, 0.29) is 11.2 Å². The molecule has 3 aromatic rings. The van der Waals surface area contributed by atoms with E-state index >= 15 is 0 Å². The Bertz CT molecular complexity index is 973. The summed E-state index contributed by atoms with van der Waals surface area (Å²) in [7, 11) is 3.08. The Morgan fingerprint density at radius 2 is 1.86 bits per heavy atom. The zero-order valence-corrected chi connectivity index (χ0v) is 12.3. The van der Waals surface area contributed by atoms with Crippen molar-refractivity contribution in [2.24, 2.45) is 14.1 Å². The van der Waals surface area contributed by atoms with Crippen LogP contribution >= 0.6 is 11.6 Å². The minimum absolute atomic E-state index is 0.333. The van der Waals surface area contributed by atoms with Crippen LogP contribution < -0.4 is 11.2 Å². The van der Waals surface area contributed by atoms with Crippen molar-refractivity contribution in [3.05, 3.63) is 62.5 Å². The molecule has 5 nitrogen and oxygen atoms in total. The first-order valence-electron chi connectivity index (χ1n) is 6.30. The second-order valence-electron chi connectivity index (χ2n) is 4.82. The Kier molecular flexibility index (Phi) is 3.14. The number of nitrogens with zero attached hydrogens (tertiary/aromatic N) is 3. The molecule has 0 saturated heterocycles. The first-order chi connectivity index (χ1) is 9.99. The lowest BCUT2D eigenvalue weighted by atomic mass is 10.0. The van der Waals surface area contributed by atoms with E-state index in [0.29, 0.717) is 16.1 Å². The number of aromatic nitrogens is 3. The molecule has 0 unspecified atom stereocenters. The molecule has 0 aliphatic carbocycles. The lowest BCUT2D eigenvalue weighted by molar-refractivity contribution is 0.689. The Labute approximate surface area is 125 Å². The van der Waals surface area contributed by atoms with Crippen molar-refractivity contribution < 1.29 is 0 Å². The van der Waals surface area contributed by atoms with E-state index in [4.69, 9.17) is 11.6 Å². The Morgan fingerprint density at radius 3 is 2.62 bits per heavy atom. The molecule has 106 valence electrons. The van der Waals surface area contributed by atoms with Crippen LogP contribution in [-0.4, -0.2) is 14.1 Å². The zero-order valence-electron chi connectivity index (χ0n) is 11.5. The van der Waals surface area contributed by atoms with E-state index in [1.54, 1.807) is 37.6 Å². The maximum Gasteiger partial charge on any atom is 0.330 e. The molecule has 0 radical (unpaired) electrons. The summed E-state index contributed by atoms with van der Waals surface area (Å²) < 4.78 is 2.48. The summed E-state index contributed by atoms with van der Waals surface area (Å²) >= 11 is 5.97. The largest absolute Gasteiger partial charge is 0.330 e. The Hall–Kier alpha value is -2.40. The van der Waals surface area contributed by atoms with E-state index in [0.717, 1.165) is 15.5 Å². The van der Waals surface area contributed by atoms with E-state index in [1.807, 2.05) is 6.07 Å². The fourth-order valence-electron chi connectivity index (χ4n) is 2.35. The predicted molar refractivity (Wildman–Crippen MR) is 82.7 cm³/mol. The summed E-state index contributed by atoms with van der Waals surface area (Å²) in [5, 5.41) is 1.40. The van der Waals surface area contributed by atoms with Gasteiger partial charge in [-0.3, -0.25) is 14.3 Å². The van der Waals surface area contributed by atoms with Crippen molar-refractivity contribution in [3.63, 3.8) is 0 Å². The van der Waals surface area contributed by atoms with Crippen LogP contribution in [0.4, 0.5) is 0 Å². The van der Waals surface area contributed by atoms with Crippen LogP contribution in [0.25, 0.3) is 22.0 Å². The lowest BCUT2D eigenvalue weighted by Gasteiger charge is -2.09. The van der Waals surface area contributed by atoms with Gasteiger partial charge in [0, 0.05) is 36.9 Å². The average Bonchev–Trinajstić information content (AvgIpc) is 2.48. The summed E-state index contributed by atoms with van der Waals surface area (Å²) in [6.45, 7) is 0. The summed E-state index contributed by atoms with van der Waals surface area (Å²) in [5.74, 6) is 0. The smallest absolute Gasteiger partial charge is 0.303 e. The first-order valence-corrected chi connectivity index (χ1v) is 6.68. The second kappa shape index (κ2) is 4.86. The highest BCUT2D eigenvalue weighted by Gasteiger charge is 2.12. The van der Waals surface area contributed by atoms with Gasteiger partial charge in [-0.05, 0) is 23.8 Å². The van der Waals surface area contributed by atoms with Crippen molar-refractivity contribution in [2.75, 3.05) is 0 Å². The summed E-state index contributed by atoms with van der Waals surface area (Å²) in [4.78, 5) is 28.4. The number of benzene rings is 1. The van der Waals surface area contributed by atoms with Crippen molar-refractivity contribution in [2.45, 2.75) is 0 Å². The number of aryl methyl sites for hydroxylation is 1. The molecular weight excluding hydrogens is 290 g/mol. The maximum absolute atomic E-state index is 12.4. The number of rotatable bonds is 1. The molecule has 21 heavy (non-hydrogen) atoms. The van der Waals surface area contributed by atoms with Gasteiger partial charge in [-0.1, -0.05) is 17.7 Å². The van der Waals surface area contributed by atoms with Crippen LogP contribution in [0.1, 0.15) is 0 Å². The first kappa shape index (κ1) is 13.6. The molecule has 6 heteroatoms. The van der Waals surface area contributed by atoms with E-state index in [9.17, 15) is 9.59 Å². The minimum Gasteiger partial charge on any atom is -0.303 e. The van der Waals surface area contributed by atoms with Gasteiger partial charge >= 0.3 is 5.69 Å². The molecule has 0 atom stereocenters. The van der Waals surface area contributed by atoms with Gasteiger partial charge < -0.3 is 4.57 Å². The molecule has 0 amide bonds. The predicted octanol–water partition coefficient (Wildman–Crippen LogP) is 1.95. The van der Waals surface area contributed by atoms with Crippen LogP contribution in [0.2, 0.25) is 5.02 Å².